The predicted molar refractivity (Wildman–Crippen MR) is 77.4 cm³/mol. The van der Waals surface area contributed by atoms with Crippen molar-refractivity contribution in [2.75, 3.05) is 0 Å². The Kier molecular flexibility index (Phi) is 6.24. The number of hydrazone groups is 1. The minimum atomic E-state index is -0.651. The molecule has 5 heteroatoms. The number of hydrogen-bond acceptors (Lipinski definition) is 4. The van der Waals surface area contributed by atoms with E-state index in [2.05, 4.69) is 10.5 Å². The summed E-state index contributed by atoms with van der Waals surface area (Å²) in [5.41, 5.74) is 3.98. The predicted octanol–water partition coefficient (Wildman–Crippen LogP) is 2.62. The van der Waals surface area contributed by atoms with E-state index in [4.69, 9.17) is 10.00 Å². The molecule has 0 bridgehead atoms. The summed E-state index contributed by atoms with van der Waals surface area (Å²) in [5.74, 6) is 0.246. The highest BCUT2D eigenvalue weighted by atomic mass is 16.5. The van der Waals surface area contributed by atoms with Crippen molar-refractivity contribution in [3.8, 4) is 11.8 Å². The van der Waals surface area contributed by atoms with E-state index in [9.17, 15) is 4.79 Å². The van der Waals surface area contributed by atoms with E-state index in [1.165, 1.54) is 0 Å². The van der Waals surface area contributed by atoms with Gasteiger partial charge in [-0.05, 0) is 44.0 Å². The molecule has 0 saturated carbocycles. The molecule has 1 amide bonds. The van der Waals surface area contributed by atoms with Gasteiger partial charge in [-0.25, -0.2) is 5.43 Å². The molecule has 0 fully saturated rings. The van der Waals surface area contributed by atoms with Crippen molar-refractivity contribution in [1.29, 1.82) is 5.26 Å². The average molecular weight is 273 g/mol. The van der Waals surface area contributed by atoms with Crippen LogP contribution in [-0.2, 0) is 4.79 Å². The highest BCUT2D eigenvalue weighted by Gasteiger charge is 2.14. The molecule has 0 heterocycles. The number of carbonyl (C=O) groups is 1. The summed E-state index contributed by atoms with van der Waals surface area (Å²) in [7, 11) is 0. The summed E-state index contributed by atoms with van der Waals surface area (Å²) in [5, 5.41) is 12.7. The fourth-order valence-electron chi connectivity index (χ4n) is 1.50. The van der Waals surface area contributed by atoms with Crippen LogP contribution in [0.15, 0.2) is 29.4 Å². The Labute approximate surface area is 119 Å². The van der Waals surface area contributed by atoms with Gasteiger partial charge in [0.05, 0.1) is 11.6 Å². The number of carbonyl (C=O) groups excluding carboxylic acids is 1. The third-order valence-electron chi connectivity index (χ3n) is 2.81. The maximum Gasteiger partial charge on any atom is 0.280 e. The van der Waals surface area contributed by atoms with Crippen LogP contribution in [0.1, 0.15) is 39.2 Å². The molecule has 20 heavy (non-hydrogen) atoms. The van der Waals surface area contributed by atoms with Gasteiger partial charge in [-0.1, -0.05) is 13.8 Å². The molecule has 0 aliphatic rings. The lowest BCUT2D eigenvalue weighted by molar-refractivity contribution is -0.127. The molecular formula is C15H19N3O2. The minimum absolute atomic E-state index is 0.297. The van der Waals surface area contributed by atoms with E-state index < -0.39 is 6.10 Å². The van der Waals surface area contributed by atoms with Crippen molar-refractivity contribution in [1.82, 2.24) is 5.43 Å². The van der Waals surface area contributed by atoms with Crippen LogP contribution in [0.2, 0.25) is 0 Å². The molecule has 1 atom stereocenters. The number of hydrogen-bond donors (Lipinski definition) is 1. The SMILES string of the molecule is CCC(CC)=NNC(=O)C(C)Oc1ccc(C#N)cc1. The standard InChI is InChI=1S/C15H19N3O2/c1-4-13(5-2)17-18-15(19)11(3)20-14-8-6-12(10-16)7-9-14/h6-9,11H,4-5H2,1-3H3,(H,18,19). The maximum absolute atomic E-state index is 11.8. The maximum atomic E-state index is 11.8. The van der Waals surface area contributed by atoms with Gasteiger partial charge in [0.25, 0.3) is 5.91 Å². The summed E-state index contributed by atoms with van der Waals surface area (Å²) < 4.78 is 5.48. The quantitative estimate of drug-likeness (QED) is 0.639. The molecule has 0 aliphatic carbocycles. The summed E-state index contributed by atoms with van der Waals surface area (Å²) in [6.45, 7) is 5.64. The average Bonchev–Trinajstić information content (AvgIpc) is 2.48. The third-order valence-corrected chi connectivity index (χ3v) is 2.81. The largest absolute Gasteiger partial charge is 0.481 e. The van der Waals surface area contributed by atoms with Gasteiger partial charge in [-0.15, -0.1) is 0 Å². The second-order valence-electron chi connectivity index (χ2n) is 4.26. The molecule has 0 aromatic heterocycles. The van der Waals surface area contributed by atoms with E-state index in [0.717, 1.165) is 18.6 Å². The van der Waals surface area contributed by atoms with E-state index >= 15 is 0 Å². The number of rotatable bonds is 6. The van der Waals surface area contributed by atoms with E-state index in [-0.39, 0.29) is 5.91 Å². The molecule has 5 nitrogen and oxygen atoms in total. The molecule has 1 aromatic carbocycles. The first kappa shape index (κ1) is 15.7. The van der Waals surface area contributed by atoms with Crippen LogP contribution in [0, 0.1) is 11.3 Å². The van der Waals surface area contributed by atoms with Crippen LogP contribution in [-0.4, -0.2) is 17.7 Å². The first-order valence-corrected chi connectivity index (χ1v) is 6.62. The molecule has 0 spiro atoms. The topological polar surface area (TPSA) is 74.5 Å². The van der Waals surface area contributed by atoms with Crippen LogP contribution in [0.3, 0.4) is 0 Å². The molecule has 106 valence electrons. The molecule has 1 N–H and O–H groups in total. The zero-order chi connectivity index (χ0) is 15.0. The van der Waals surface area contributed by atoms with Gasteiger partial charge in [0.1, 0.15) is 5.75 Å². The van der Waals surface area contributed by atoms with Crippen molar-refractivity contribution < 1.29 is 9.53 Å². The molecule has 0 saturated heterocycles. The molecular weight excluding hydrogens is 254 g/mol. The lowest BCUT2D eigenvalue weighted by Gasteiger charge is -2.13. The zero-order valence-corrected chi connectivity index (χ0v) is 12.0. The normalized spacial score (nSPS) is 11.1. The highest BCUT2D eigenvalue weighted by molar-refractivity contribution is 5.87. The number of nitrogens with zero attached hydrogens (tertiary/aromatic N) is 2. The van der Waals surface area contributed by atoms with Crippen LogP contribution in [0.25, 0.3) is 0 Å². The Morgan fingerprint density at radius 3 is 2.45 bits per heavy atom. The third kappa shape index (κ3) is 4.73. The fraction of sp³-hybridized carbons (Fsp3) is 0.400. The lowest BCUT2D eigenvalue weighted by Crippen LogP contribution is -2.34. The Bertz CT molecular complexity index is 509. The van der Waals surface area contributed by atoms with Crippen LogP contribution < -0.4 is 10.2 Å². The van der Waals surface area contributed by atoms with Crippen molar-refractivity contribution in [2.45, 2.75) is 39.7 Å². The molecule has 1 aromatic rings. The Balaban J connectivity index is 2.57. The zero-order valence-electron chi connectivity index (χ0n) is 12.0. The second-order valence-corrected chi connectivity index (χ2v) is 4.26. The molecule has 0 radical (unpaired) electrons. The van der Waals surface area contributed by atoms with Crippen molar-refractivity contribution in [3.05, 3.63) is 29.8 Å². The lowest BCUT2D eigenvalue weighted by atomic mass is 10.2. The smallest absolute Gasteiger partial charge is 0.280 e. The number of benzene rings is 1. The van der Waals surface area contributed by atoms with E-state index in [1.807, 2.05) is 19.9 Å². The van der Waals surface area contributed by atoms with Gasteiger partial charge in [0.15, 0.2) is 6.10 Å². The van der Waals surface area contributed by atoms with Gasteiger partial charge in [-0.2, -0.15) is 10.4 Å². The highest BCUT2D eigenvalue weighted by Crippen LogP contribution is 2.13. The first-order valence-electron chi connectivity index (χ1n) is 6.62. The second kappa shape index (κ2) is 7.95. The summed E-state index contributed by atoms with van der Waals surface area (Å²) in [4.78, 5) is 11.8. The van der Waals surface area contributed by atoms with Crippen LogP contribution in [0.4, 0.5) is 0 Å². The molecule has 0 aliphatic heterocycles. The molecule has 1 unspecified atom stereocenters. The van der Waals surface area contributed by atoms with Crippen LogP contribution in [0.5, 0.6) is 5.75 Å². The number of amides is 1. The first-order chi connectivity index (χ1) is 9.60. The van der Waals surface area contributed by atoms with E-state index in [0.29, 0.717) is 11.3 Å². The van der Waals surface area contributed by atoms with Gasteiger partial charge in [0.2, 0.25) is 0 Å². The van der Waals surface area contributed by atoms with Crippen molar-refractivity contribution in [2.24, 2.45) is 5.10 Å². The monoisotopic (exact) mass is 273 g/mol. The Hall–Kier alpha value is -2.35. The number of nitriles is 1. The fourth-order valence-corrected chi connectivity index (χ4v) is 1.50. The van der Waals surface area contributed by atoms with Gasteiger partial charge in [-0.3, -0.25) is 4.79 Å². The van der Waals surface area contributed by atoms with Crippen molar-refractivity contribution in [3.63, 3.8) is 0 Å². The summed E-state index contributed by atoms with van der Waals surface area (Å²) >= 11 is 0. The van der Waals surface area contributed by atoms with Gasteiger partial charge >= 0.3 is 0 Å². The summed E-state index contributed by atoms with van der Waals surface area (Å²) in [6, 6.07) is 8.63. The number of ether oxygens (including phenoxy) is 1. The number of nitrogens with one attached hydrogen (secondary N) is 1. The minimum Gasteiger partial charge on any atom is -0.481 e. The van der Waals surface area contributed by atoms with E-state index in [1.54, 1.807) is 31.2 Å². The summed E-state index contributed by atoms with van der Waals surface area (Å²) in [6.07, 6.45) is 0.963. The van der Waals surface area contributed by atoms with Crippen LogP contribution >= 0.6 is 0 Å². The van der Waals surface area contributed by atoms with Crippen molar-refractivity contribution >= 4 is 11.6 Å². The molecule has 1 rings (SSSR count). The Morgan fingerprint density at radius 2 is 1.95 bits per heavy atom. The van der Waals surface area contributed by atoms with Gasteiger partial charge < -0.3 is 4.74 Å². The Morgan fingerprint density at radius 1 is 1.35 bits per heavy atom. The van der Waals surface area contributed by atoms with Gasteiger partial charge in [0, 0.05) is 5.71 Å².